The molecule has 1 amide bonds. The van der Waals surface area contributed by atoms with Crippen molar-refractivity contribution in [1.82, 2.24) is 0 Å². The summed E-state index contributed by atoms with van der Waals surface area (Å²) >= 11 is 11.3. The molecule has 0 bridgehead atoms. The summed E-state index contributed by atoms with van der Waals surface area (Å²) < 4.78 is 19.1. The van der Waals surface area contributed by atoms with E-state index in [0.717, 1.165) is 18.5 Å². The van der Waals surface area contributed by atoms with Crippen LogP contribution < -0.4 is 19.1 Å². The van der Waals surface area contributed by atoms with Crippen molar-refractivity contribution in [1.29, 1.82) is 0 Å². The summed E-state index contributed by atoms with van der Waals surface area (Å²) in [5.41, 5.74) is 1.53. The fourth-order valence-electron chi connectivity index (χ4n) is 2.84. The smallest absolute Gasteiger partial charge is 0.270 e. The Hall–Kier alpha value is -1.05. The summed E-state index contributed by atoms with van der Waals surface area (Å²) in [5, 5.41) is 0. The first kappa shape index (κ1) is 20.2. The highest BCUT2D eigenvalue weighted by molar-refractivity contribution is 14.1. The summed E-state index contributed by atoms with van der Waals surface area (Å²) in [4.78, 5) is 15.2. The van der Waals surface area contributed by atoms with E-state index in [1.54, 1.807) is 18.2 Å². The minimum absolute atomic E-state index is 0.162. The van der Waals surface area contributed by atoms with Crippen molar-refractivity contribution < 1.29 is 19.0 Å². The lowest BCUT2D eigenvalue weighted by atomic mass is 10.2. The molecular weight excluding hydrogens is 624 g/mol. The molecular formula is C19H13I2NO4S2. The number of amides is 1. The van der Waals surface area contributed by atoms with Crippen molar-refractivity contribution in [2.45, 2.75) is 6.92 Å². The minimum Gasteiger partial charge on any atom is -0.492 e. The minimum atomic E-state index is -0.162. The summed E-state index contributed by atoms with van der Waals surface area (Å²) in [6, 6.07) is 9.41. The van der Waals surface area contributed by atoms with Crippen LogP contribution in [0.3, 0.4) is 0 Å². The van der Waals surface area contributed by atoms with Crippen LogP contribution in [-0.4, -0.2) is 23.6 Å². The first-order valence-corrected chi connectivity index (χ1v) is 11.7. The molecule has 28 heavy (non-hydrogen) atoms. The van der Waals surface area contributed by atoms with Gasteiger partial charge in [0.2, 0.25) is 6.79 Å². The lowest BCUT2D eigenvalue weighted by Gasteiger charge is -2.15. The highest BCUT2D eigenvalue weighted by atomic mass is 127. The molecule has 4 rings (SSSR count). The summed E-state index contributed by atoms with van der Waals surface area (Å²) in [5.74, 6) is 1.89. The van der Waals surface area contributed by atoms with Crippen LogP contribution in [0.5, 0.6) is 17.2 Å². The predicted octanol–water partition coefficient (Wildman–Crippen LogP) is 5.43. The molecule has 0 unspecified atom stereocenters. The number of ether oxygens (including phenoxy) is 3. The molecule has 5 nitrogen and oxygen atoms in total. The monoisotopic (exact) mass is 637 g/mol. The Labute approximate surface area is 199 Å². The molecule has 2 aromatic rings. The average molecular weight is 637 g/mol. The van der Waals surface area contributed by atoms with Crippen LogP contribution in [0, 0.1) is 7.14 Å². The third kappa shape index (κ3) is 3.85. The summed E-state index contributed by atoms with van der Waals surface area (Å²) in [6.07, 6.45) is 1.85. The molecule has 9 heteroatoms. The number of fused-ring (bicyclic) bond motifs is 1. The maximum atomic E-state index is 13.1. The Kier molecular flexibility index (Phi) is 6.04. The number of anilines is 1. The fraction of sp³-hybridized carbons (Fsp3) is 0.158. The molecule has 0 aliphatic carbocycles. The second-order valence-corrected chi connectivity index (χ2v) is 9.88. The largest absolute Gasteiger partial charge is 0.492 e. The van der Waals surface area contributed by atoms with E-state index < -0.39 is 0 Å². The van der Waals surface area contributed by atoms with E-state index in [-0.39, 0.29) is 12.7 Å². The molecule has 0 atom stereocenters. The van der Waals surface area contributed by atoms with Crippen molar-refractivity contribution in [3.8, 4) is 17.2 Å². The van der Waals surface area contributed by atoms with Crippen LogP contribution in [-0.2, 0) is 4.79 Å². The van der Waals surface area contributed by atoms with Crippen LogP contribution in [0.2, 0.25) is 0 Å². The Bertz CT molecular complexity index is 1030. The number of thiocarbonyl (C=S) groups is 1. The van der Waals surface area contributed by atoms with E-state index in [0.29, 0.717) is 33.0 Å². The van der Waals surface area contributed by atoms with Crippen molar-refractivity contribution in [3.05, 3.63) is 47.9 Å². The zero-order valence-corrected chi connectivity index (χ0v) is 20.5. The van der Waals surface area contributed by atoms with Gasteiger partial charge in [-0.15, -0.1) is 0 Å². The first-order chi connectivity index (χ1) is 13.5. The Morgan fingerprint density at radius 3 is 2.82 bits per heavy atom. The van der Waals surface area contributed by atoms with Gasteiger partial charge in [0, 0.05) is 15.2 Å². The van der Waals surface area contributed by atoms with Crippen LogP contribution >= 0.6 is 69.2 Å². The van der Waals surface area contributed by atoms with Gasteiger partial charge in [-0.25, -0.2) is 0 Å². The molecule has 2 aliphatic heterocycles. The summed E-state index contributed by atoms with van der Waals surface area (Å²) in [6.45, 7) is 2.68. The molecule has 0 N–H and O–H groups in total. The number of nitrogens with zero attached hydrogens (tertiary/aromatic N) is 1. The number of halogens is 2. The molecule has 2 aromatic carbocycles. The van der Waals surface area contributed by atoms with E-state index in [2.05, 4.69) is 45.2 Å². The second kappa shape index (κ2) is 8.36. The van der Waals surface area contributed by atoms with Gasteiger partial charge in [-0.05, 0) is 82.4 Å². The number of hydrogen-bond acceptors (Lipinski definition) is 6. The van der Waals surface area contributed by atoms with Gasteiger partial charge in [-0.3, -0.25) is 9.69 Å². The van der Waals surface area contributed by atoms with E-state index in [9.17, 15) is 4.79 Å². The Morgan fingerprint density at radius 2 is 2.04 bits per heavy atom. The standard InChI is InChI=1S/C19H13I2NO4S2/c1-2-24-17-10(5-11(20)7-13(17)21)6-16-18(23)22(19(27)28-16)12-3-4-14-15(8-12)26-9-25-14/h3-8H,2,9H2,1H3/b16-6-. The number of benzene rings is 2. The number of thioether (sulfide) groups is 1. The van der Waals surface area contributed by atoms with E-state index in [4.69, 9.17) is 26.4 Å². The maximum Gasteiger partial charge on any atom is 0.270 e. The van der Waals surface area contributed by atoms with Gasteiger partial charge < -0.3 is 14.2 Å². The summed E-state index contributed by atoms with van der Waals surface area (Å²) in [7, 11) is 0. The van der Waals surface area contributed by atoms with Gasteiger partial charge >= 0.3 is 0 Å². The molecule has 2 heterocycles. The van der Waals surface area contributed by atoms with Crippen molar-refractivity contribution in [2.75, 3.05) is 18.3 Å². The highest BCUT2D eigenvalue weighted by Gasteiger charge is 2.34. The third-order valence-electron chi connectivity index (χ3n) is 4.02. The van der Waals surface area contributed by atoms with Crippen molar-refractivity contribution >= 4 is 91.2 Å². The van der Waals surface area contributed by atoms with Gasteiger partial charge in [0.25, 0.3) is 5.91 Å². The Balaban J connectivity index is 1.70. The molecule has 1 fully saturated rings. The first-order valence-electron chi connectivity index (χ1n) is 8.27. The second-order valence-electron chi connectivity index (χ2n) is 5.79. The predicted molar refractivity (Wildman–Crippen MR) is 131 cm³/mol. The van der Waals surface area contributed by atoms with Gasteiger partial charge in [0.05, 0.1) is 20.8 Å². The fourth-order valence-corrected chi connectivity index (χ4v) is 6.18. The lowest BCUT2D eigenvalue weighted by Crippen LogP contribution is -2.27. The van der Waals surface area contributed by atoms with Gasteiger partial charge in [-0.2, -0.15) is 0 Å². The van der Waals surface area contributed by atoms with Crippen molar-refractivity contribution in [3.63, 3.8) is 0 Å². The number of carbonyl (C=O) groups excluding carboxylic acids is 1. The maximum absolute atomic E-state index is 13.1. The van der Waals surface area contributed by atoms with E-state index >= 15 is 0 Å². The molecule has 1 saturated heterocycles. The zero-order chi connectivity index (χ0) is 19.8. The average Bonchev–Trinajstić information content (AvgIpc) is 3.21. The van der Waals surface area contributed by atoms with Crippen LogP contribution in [0.25, 0.3) is 6.08 Å². The highest BCUT2D eigenvalue weighted by Crippen LogP contribution is 2.41. The normalized spacial score (nSPS) is 17.0. The quantitative estimate of drug-likeness (QED) is 0.254. The van der Waals surface area contributed by atoms with Gasteiger partial charge in [0.1, 0.15) is 5.75 Å². The van der Waals surface area contributed by atoms with E-state index in [1.807, 2.05) is 25.1 Å². The van der Waals surface area contributed by atoms with Crippen molar-refractivity contribution in [2.24, 2.45) is 0 Å². The topological polar surface area (TPSA) is 48.0 Å². The van der Waals surface area contributed by atoms with Crippen LogP contribution in [0.4, 0.5) is 5.69 Å². The SMILES string of the molecule is CCOc1c(I)cc(I)cc1/C=C1\SC(=S)N(c2ccc3c(c2)OCO3)C1=O. The van der Waals surface area contributed by atoms with Gasteiger partial charge in [-0.1, -0.05) is 24.0 Å². The third-order valence-corrected chi connectivity index (χ3v) is 6.75. The lowest BCUT2D eigenvalue weighted by molar-refractivity contribution is -0.113. The Morgan fingerprint density at radius 1 is 1.25 bits per heavy atom. The van der Waals surface area contributed by atoms with Crippen LogP contribution in [0.1, 0.15) is 12.5 Å². The number of rotatable bonds is 4. The molecule has 0 saturated carbocycles. The molecule has 2 aliphatic rings. The molecule has 0 radical (unpaired) electrons. The zero-order valence-electron chi connectivity index (χ0n) is 14.5. The van der Waals surface area contributed by atoms with E-state index in [1.165, 1.54) is 16.7 Å². The molecule has 0 spiro atoms. The van der Waals surface area contributed by atoms with Gasteiger partial charge in [0.15, 0.2) is 15.8 Å². The molecule has 144 valence electrons. The molecule has 0 aromatic heterocycles. The number of hydrogen-bond donors (Lipinski definition) is 0. The number of carbonyl (C=O) groups is 1. The van der Waals surface area contributed by atoms with Crippen LogP contribution in [0.15, 0.2) is 35.2 Å².